The highest BCUT2D eigenvalue weighted by molar-refractivity contribution is 5.64. The molecule has 1 aromatic carbocycles. The first kappa shape index (κ1) is 10.8. The number of hydrogen-bond donors (Lipinski definition) is 3. The van der Waals surface area contributed by atoms with E-state index in [9.17, 15) is 4.79 Å². The lowest BCUT2D eigenvalue weighted by Gasteiger charge is -2.09. The van der Waals surface area contributed by atoms with Gasteiger partial charge in [0.25, 0.3) is 0 Å². The first-order valence-corrected chi connectivity index (χ1v) is 5.52. The van der Waals surface area contributed by atoms with Crippen LogP contribution in [-0.4, -0.2) is 17.7 Å². The van der Waals surface area contributed by atoms with Crippen molar-refractivity contribution in [2.75, 3.05) is 12.3 Å². The monoisotopic (exact) mass is 220 g/mol. The molecule has 86 valence electrons. The summed E-state index contributed by atoms with van der Waals surface area (Å²) in [6, 6.07) is 5.91. The van der Waals surface area contributed by atoms with Gasteiger partial charge in [0, 0.05) is 12.2 Å². The molecule has 0 spiro atoms. The van der Waals surface area contributed by atoms with E-state index in [-0.39, 0.29) is 0 Å². The van der Waals surface area contributed by atoms with Crippen LogP contribution in [-0.2, 0) is 6.42 Å². The summed E-state index contributed by atoms with van der Waals surface area (Å²) in [5, 5.41) is 10.9. The van der Waals surface area contributed by atoms with Gasteiger partial charge in [0.2, 0.25) is 0 Å². The zero-order chi connectivity index (χ0) is 11.5. The molecule has 0 saturated heterocycles. The van der Waals surface area contributed by atoms with Crippen LogP contribution in [0.1, 0.15) is 29.9 Å². The summed E-state index contributed by atoms with van der Waals surface area (Å²) in [5.41, 5.74) is 9.06. The molecule has 1 aliphatic carbocycles. The average molecular weight is 220 g/mol. The van der Waals surface area contributed by atoms with Gasteiger partial charge >= 0.3 is 6.09 Å². The molecule has 4 N–H and O–H groups in total. The van der Waals surface area contributed by atoms with E-state index in [0.717, 1.165) is 12.1 Å². The zero-order valence-corrected chi connectivity index (χ0v) is 9.07. The minimum atomic E-state index is -0.969. The van der Waals surface area contributed by atoms with E-state index in [1.807, 2.05) is 18.2 Å². The number of amides is 1. The Morgan fingerprint density at radius 3 is 2.88 bits per heavy atom. The number of nitrogens with one attached hydrogen (secondary N) is 1. The molecule has 0 aromatic heterocycles. The van der Waals surface area contributed by atoms with Crippen LogP contribution in [0.2, 0.25) is 0 Å². The molecule has 4 heteroatoms. The molecule has 4 nitrogen and oxygen atoms in total. The number of carboxylic acid groups (broad SMARTS) is 1. The van der Waals surface area contributed by atoms with Crippen LogP contribution in [0.5, 0.6) is 0 Å². The van der Waals surface area contributed by atoms with Crippen molar-refractivity contribution >= 4 is 11.8 Å². The molecule has 1 amide bonds. The van der Waals surface area contributed by atoms with Crippen molar-refractivity contribution in [3.63, 3.8) is 0 Å². The van der Waals surface area contributed by atoms with Crippen LogP contribution in [0.3, 0.4) is 0 Å². The van der Waals surface area contributed by atoms with Crippen molar-refractivity contribution in [2.45, 2.75) is 25.2 Å². The van der Waals surface area contributed by atoms with Crippen LogP contribution >= 0.6 is 0 Å². The first-order valence-electron chi connectivity index (χ1n) is 5.52. The summed E-state index contributed by atoms with van der Waals surface area (Å²) < 4.78 is 0. The maximum absolute atomic E-state index is 10.3. The first-order chi connectivity index (χ1) is 7.66. The van der Waals surface area contributed by atoms with E-state index < -0.39 is 6.09 Å². The molecule has 0 radical (unpaired) electrons. The van der Waals surface area contributed by atoms with Gasteiger partial charge in [0.05, 0.1) is 0 Å². The Balaban J connectivity index is 2.04. The Morgan fingerprint density at radius 2 is 2.25 bits per heavy atom. The van der Waals surface area contributed by atoms with E-state index in [1.165, 1.54) is 24.0 Å². The third-order valence-electron chi connectivity index (χ3n) is 2.86. The Kier molecular flexibility index (Phi) is 2.99. The standard InChI is InChI=1S/C12H16N2O2/c13-10-4-3-9(5-6-14-12(15)16)11(7-10)8-1-2-8/h3-4,7-8,14H,1-2,5-6,13H2,(H,15,16). The number of carbonyl (C=O) groups is 1. The molecule has 1 aromatic rings. The Labute approximate surface area is 94.5 Å². The molecule has 0 heterocycles. The lowest BCUT2D eigenvalue weighted by molar-refractivity contribution is 0.194. The topological polar surface area (TPSA) is 75.3 Å². The van der Waals surface area contributed by atoms with Gasteiger partial charge in [-0.25, -0.2) is 4.79 Å². The second kappa shape index (κ2) is 4.43. The molecule has 1 saturated carbocycles. The van der Waals surface area contributed by atoms with E-state index in [4.69, 9.17) is 10.8 Å². The number of hydrogen-bond acceptors (Lipinski definition) is 2. The number of rotatable bonds is 4. The lowest BCUT2D eigenvalue weighted by atomic mass is 10.00. The molecule has 0 aliphatic heterocycles. The molecule has 1 aliphatic rings. The van der Waals surface area contributed by atoms with E-state index in [0.29, 0.717) is 12.5 Å². The Hall–Kier alpha value is -1.71. The molecule has 0 bridgehead atoms. The minimum Gasteiger partial charge on any atom is -0.465 e. The van der Waals surface area contributed by atoms with Gasteiger partial charge in [-0.1, -0.05) is 6.07 Å². The van der Waals surface area contributed by atoms with Gasteiger partial charge in [-0.05, 0) is 48.4 Å². The molecular formula is C12H16N2O2. The van der Waals surface area contributed by atoms with Crippen LogP contribution in [0, 0.1) is 0 Å². The van der Waals surface area contributed by atoms with Crippen LogP contribution in [0.15, 0.2) is 18.2 Å². The summed E-state index contributed by atoms with van der Waals surface area (Å²) in [5.74, 6) is 0.642. The number of nitrogen functional groups attached to an aromatic ring is 1. The Bertz CT molecular complexity index is 400. The molecule has 1 fully saturated rings. The molecule has 16 heavy (non-hydrogen) atoms. The summed E-state index contributed by atoms with van der Waals surface area (Å²) >= 11 is 0. The fraction of sp³-hybridized carbons (Fsp3) is 0.417. The zero-order valence-electron chi connectivity index (χ0n) is 9.07. The highest BCUT2D eigenvalue weighted by atomic mass is 16.4. The second-order valence-electron chi connectivity index (χ2n) is 4.21. The Morgan fingerprint density at radius 1 is 1.50 bits per heavy atom. The van der Waals surface area contributed by atoms with E-state index in [1.54, 1.807) is 0 Å². The van der Waals surface area contributed by atoms with Gasteiger partial charge in [-0.2, -0.15) is 0 Å². The lowest BCUT2D eigenvalue weighted by Crippen LogP contribution is -2.23. The SMILES string of the molecule is Nc1ccc(CCNC(=O)O)c(C2CC2)c1. The fourth-order valence-electron chi connectivity index (χ4n) is 1.92. The molecule has 0 atom stereocenters. The third-order valence-corrected chi connectivity index (χ3v) is 2.86. The normalized spacial score (nSPS) is 14.8. The van der Waals surface area contributed by atoms with Gasteiger partial charge < -0.3 is 16.2 Å². The van der Waals surface area contributed by atoms with Crippen LogP contribution < -0.4 is 11.1 Å². The van der Waals surface area contributed by atoms with Crippen LogP contribution in [0.4, 0.5) is 10.5 Å². The van der Waals surface area contributed by atoms with Crippen molar-refractivity contribution in [3.05, 3.63) is 29.3 Å². The molecule has 2 rings (SSSR count). The predicted octanol–water partition coefficient (Wildman–Crippen LogP) is 1.96. The smallest absolute Gasteiger partial charge is 0.404 e. The minimum absolute atomic E-state index is 0.457. The average Bonchev–Trinajstić information content (AvgIpc) is 3.03. The molecular weight excluding hydrogens is 204 g/mol. The summed E-state index contributed by atoms with van der Waals surface area (Å²) in [6.45, 7) is 0.457. The van der Waals surface area contributed by atoms with Gasteiger partial charge in [-0.15, -0.1) is 0 Å². The summed E-state index contributed by atoms with van der Waals surface area (Å²) in [7, 11) is 0. The maximum Gasteiger partial charge on any atom is 0.404 e. The summed E-state index contributed by atoms with van der Waals surface area (Å²) in [4.78, 5) is 10.3. The van der Waals surface area contributed by atoms with Crippen molar-refractivity contribution < 1.29 is 9.90 Å². The quantitative estimate of drug-likeness (QED) is 0.679. The third kappa shape index (κ3) is 2.66. The highest BCUT2D eigenvalue weighted by Gasteiger charge is 2.25. The van der Waals surface area contributed by atoms with Crippen LogP contribution in [0.25, 0.3) is 0 Å². The van der Waals surface area contributed by atoms with Crippen molar-refractivity contribution in [1.29, 1.82) is 0 Å². The number of anilines is 1. The van der Waals surface area contributed by atoms with Gasteiger partial charge in [-0.3, -0.25) is 0 Å². The second-order valence-corrected chi connectivity index (χ2v) is 4.21. The fourth-order valence-corrected chi connectivity index (χ4v) is 1.92. The number of benzene rings is 1. The van der Waals surface area contributed by atoms with E-state index >= 15 is 0 Å². The van der Waals surface area contributed by atoms with Gasteiger partial charge in [0.1, 0.15) is 0 Å². The largest absolute Gasteiger partial charge is 0.465 e. The van der Waals surface area contributed by atoms with Crippen molar-refractivity contribution in [2.24, 2.45) is 0 Å². The van der Waals surface area contributed by atoms with Crippen molar-refractivity contribution in [1.82, 2.24) is 5.32 Å². The van der Waals surface area contributed by atoms with Gasteiger partial charge in [0.15, 0.2) is 0 Å². The number of nitrogens with two attached hydrogens (primary N) is 1. The van der Waals surface area contributed by atoms with Crippen molar-refractivity contribution in [3.8, 4) is 0 Å². The highest BCUT2D eigenvalue weighted by Crippen LogP contribution is 2.42. The predicted molar refractivity (Wildman–Crippen MR) is 62.6 cm³/mol. The summed E-state index contributed by atoms with van der Waals surface area (Å²) in [6.07, 6.45) is 2.22. The molecule has 0 unspecified atom stereocenters. The maximum atomic E-state index is 10.3. The van der Waals surface area contributed by atoms with E-state index in [2.05, 4.69) is 5.32 Å².